The maximum Gasteiger partial charge on any atom is 0.167 e. The highest BCUT2D eigenvalue weighted by Gasteiger charge is 2.11. The Morgan fingerprint density at radius 3 is 2.80 bits per heavy atom. The molecule has 0 saturated heterocycles. The van der Waals surface area contributed by atoms with Gasteiger partial charge in [-0.05, 0) is 13.3 Å². The first-order chi connectivity index (χ1) is 9.63. The third-order valence-electron chi connectivity index (χ3n) is 2.65. The molecule has 0 radical (unpaired) electrons. The quantitative estimate of drug-likeness (QED) is 0.825. The predicted octanol–water partition coefficient (Wildman–Crippen LogP) is 3.21. The van der Waals surface area contributed by atoms with Gasteiger partial charge in [0.05, 0.1) is 24.7 Å². The molecule has 5 nitrogen and oxygen atoms in total. The highest BCUT2D eigenvalue weighted by molar-refractivity contribution is 5.57. The second-order valence-corrected chi connectivity index (χ2v) is 4.29. The lowest BCUT2D eigenvalue weighted by atomic mass is 10.2. The zero-order valence-corrected chi connectivity index (χ0v) is 11.6. The number of nitrogen functional groups attached to an aromatic ring is 1. The number of benzene rings is 1. The second-order valence-electron chi connectivity index (χ2n) is 4.29. The van der Waals surface area contributed by atoms with Crippen molar-refractivity contribution in [3.63, 3.8) is 0 Å². The van der Waals surface area contributed by atoms with E-state index in [4.69, 9.17) is 15.2 Å². The lowest BCUT2D eigenvalue weighted by Crippen LogP contribution is -1.99. The number of aromatic nitrogens is 2. The van der Waals surface area contributed by atoms with Crippen LogP contribution < -0.4 is 15.2 Å². The predicted molar refractivity (Wildman–Crippen MR) is 74.6 cm³/mol. The van der Waals surface area contributed by atoms with Crippen LogP contribution in [0.1, 0.15) is 20.3 Å². The van der Waals surface area contributed by atoms with Crippen molar-refractivity contribution in [2.75, 3.05) is 12.3 Å². The van der Waals surface area contributed by atoms with Gasteiger partial charge in [0.15, 0.2) is 23.1 Å². The summed E-state index contributed by atoms with van der Waals surface area (Å²) in [5.41, 5.74) is 5.97. The summed E-state index contributed by atoms with van der Waals surface area (Å²) >= 11 is 0. The number of hydrogen-bond donors (Lipinski definition) is 1. The van der Waals surface area contributed by atoms with Crippen LogP contribution in [0.25, 0.3) is 0 Å². The molecule has 1 aromatic carbocycles. The van der Waals surface area contributed by atoms with Gasteiger partial charge in [-0.3, -0.25) is 4.68 Å². The van der Waals surface area contributed by atoms with Crippen molar-refractivity contribution in [3.05, 3.63) is 30.3 Å². The van der Waals surface area contributed by atoms with E-state index in [1.807, 2.05) is 0 Å². The molecule has 0 aliphatic carbocycles. The van der Waals surface area contributed by atoms with Crippen molar-refractivity contribution in [1.82, 2.24) is 9.78 Å². The van der Waals surface area contributed by atoms with Crippen LogP contribution in [0, 0.1) is 5.82 Å². The first-order valence-electron chi connectivity index (χ1n) is 6.56. The monoisotopic (exact) mass is 279 g/mol. The van der Waals surface area contributed by atoms with E-state index in [0.717, 1.165) is 13.0 Å². The summed E-state index contributed by atoms with van der Waals surface area (Å²) in [5.74, 6) is 0.529. The number of hydrogen-bond acceptors (Lipinski definition) is 4. The van der Waals surface area contributed by atoms with Crippen molar-refractivity contribution in [2.24, 2.45) is 0 Å². The molecule has 108 valence electrons. The molecule has 2 aromatic rings. The van der Waals surface area contributed by atoms with Gasteiger partial charge in [-0.1, -0.05) is 6.92 Å². The summed E-state index contributed by atoms with van der Waals surface area (Å²) in [6.07, 6.45) is 4.35. The molecule has 0 fully saturated rings. The number of rotatable bonds is 6. The van der Waals surface area contributed by atoms with Crippen molar-refractivity contribution >= 4 is 5.69 Å². The van der Waals surface area contributed by atoms with Gasteiger partial charge in [0.2, 0.25) is 0 Å². The van der Waals surface area contributed by atoms with E-state index in [0.29, 0.717) is 18.1 Å². The molecular weight excluding hydrogens is 261 g/mol. The Kier molecular flexibility index (Phi) is 4.45. The fourth-order valence-electron chi connectivity index (χ4n) is 1.78. The lowest BCUT2D eigenvalue weighted by Gasteiger charge is -2.10. The van der Waals surface area contributed by atoms with Crippen molar-refractivity contribution in [2.45, 2.75) is 26.8 Å². The van der Waals surface area contributed by atoms with Crippen LogP contribution in [-0.2, 0) is 6.54 Å². The minimum absolute atomic E-state index is 0.123. The summed E-state index contributed by atoms with van der Waals surface area (Å²) in [6.45, 7) is 5.03. The van der Waals surface area contributed by atoms with Crippen LogP contribution in [0.5, 0.6) is 17.2 Å². The molecule has 1 heterocycles. The Morgan fingerprint density at radius 2 is 2.10 bits per heavy atom. The molecule has 0 amide bonds. The van der Waals surface area contributed by atoms with Crippen LogP contribution in [0.3, 0.4) is 0 Å². The Balaban J connectivity index is 2.20. The van der Waals surface area contributed by atoms with E-state index >= 15 is 0 Å². The number of aryl methyl sites for hydroxylation is 1. The average Bonchev–Trinajstić information content (AvgIpc) is 2.83. The third kappa shape index (κ3) is 3.20. The summed E-state index contributed by atoms with van der Waals surface area (Å²) in [6, 6.07) is 2.64. The molecule has 1 aromatic heterocycles. The summed E-state index contributed by atoms with van der Waals surface area (Å²) < 4.78 is 26.2. The van der Waals surface area contributed by atoms with Crippen LogP contribution in [0.15, 0.2) is 24.5 Å². The molecule has 2 N–H and O–H groups in total. The number of halogens is 1. The fourth-order valence-corrected chi connectivity index (χ4v) is 1.78. The minimum Gasteiger partial charge on any atom is -0.491 e. The summed E-state index contributed by atoms with van der Waals surface area (Å²) in [5, 5.41) is 4.15. The maximum absolute atomic E-state index is 13.6. The van der Waals surface area contributed by atoms with Crippen molar-refractivity contribution < 1.29 is 13.9 Å². The number of ether oxygens (including phenoxy) is 2. The van der Waals surface area contributed by atoms with Gasteiger partial charge in [-0.2, -0.15) is 5.10 Å². The van der Waals surface area contributed by atoms with Crippen LogP contribution >= 0.6 is 0 Å². The number of anilines is 1. The van der Waals surface area contributed by atoms with E-state index in [1.54, 1.807) is 24.0 Å². The second kappa shape index (κ2) is 6.27. The van der Waals surface area contributed by atoms with Gasteiger partial charge in [0.25, 0.3) is 0 Å². The van der Waals surface area contributed by atoms with E-state index < -0.39 is 5.82 Å². The van der Waals surface area contributed by atoms with Crippen LogP contribution in [-0.4, -0.2) is 16.4 Å². The smallest absolute Gasteiger partial charge is 0.167 e. The van der Waals surface area contributed by atoms with Gasteiger partial charge < -0.3 is 15.2 Å². The van der Waals surface area contributed by atoms with Crippen molar-refractivity contribution in [1.29, 1.82) is 0 Å². The molecule has 0 bridgehead atoms. The Hall–Kier alpha value is -2.24. The highest BCUT2D eigenvalue weighted by atomic mass is 19.1. The largest absolute Gasteiger partial charge is 0.491 e. The Morgan fingerprint density at radius 1 is 1.30 bits per heavy atom. The Bertz CT molecular complexity index is 584. The molecule has 0 saturated carbocycles. The van der Waals surface area contributed by atoms with E-state index in [2.05, 4.69) is 12.0 Å². The zero-order chi connectivity index (χ0) is 14.5. The topological polar surface area (TPSA) is 62.3 Å². The average molecular weight is 279 g/mol. The van der Waals surface area contributed by atoms with Gasteiger partial charge in [0.1, 0.15) is 0 Å². The van der Waals surface area contributed by atoms with Gasteiger partial charge in [-0.25, -0.2) is 4.39 Å². The zero-order valence-electron chi connectivity index (χ0n) is 11.6. The minimum atomic E-state index is -0.502. The normalized spacial score (nSPS) is 10.6. The lowest BCUT2D eigenvalue weighted by molar-refractivity contribution is 0.319. The van der Waals surface area contributed by atoms with Crippen LogP contribution in [0.4, 0.5) is 10.1 Å². The molecule has 0 aliphatic rings. The maximum atomic E-state index is 13.6. The summed E-state index contributed by atoms with van der Waals surface area (Å²) in [7, 11) is 0. The molecule has 0 aliphatic heterocycles. The molecule has 2 rings (SSSR count). The first-order valence-corrected chi connectivity index (χ1v) is 6.56. The van der Waals surface area contributed by atoms with Crippen LogP contribution in [0.2, 0.25) is 0 Å². The summed E-state index contributed by atoms with van der Waals surface area (Å²) in [4.78, 5) is 0. The van der Waals surface area contributed by atoms with Gasteiger partial charge >= 0.3 is 0 Å². The van der Waals surface area contributed by atoms with E-state index in [9.17, 15) is 4.39 Å². The molecule has 20 heavy (non-hydrogen) atoms. The molecular formula is C14H18FN3O2. The molecule has 0 atom stereocenters. The SMILES string of the molecule is CCCn1cc(Oc2cc(OCC)c(F)cc2N)cn1. The Labute approximate surface area is 117 Å². The van der Waals surface area contributed by atoms with Crippen molar-refractivity contribution in [3.8, 4) is 17.2 Å². The molecule has 0 spiro atoms. The third-order valence-corrected chi connectivity index (χ3v) is 2.65. The van der Waals surface area contributed by atoms with E-state index in [1.165, 1.54) is 12.1 Å². The van der Waals surface area contributed by atoms with E-state index in [-0.39, 0.29) is 11.4 Å². The number of nitrogens with two attached hydrogens (primary N) is 1. The van der Waals surface area contributed by atoms with Gasteiger partial charge in [-0.15, -0.1) is 0 Å². The molecule has 0 unspecified atom stereocenters. The molecule has 6 heteroatoms. The fraction of sp³-hybridized carbons (Fsp3) is 0.357. The standard InChI is InChI=1S/C14H18FN3O2/c1-3-5-18-9-10(8-17-18)20-14-7-13(19-4-2)11(15)6-12(14)16/h6-9H,3-5,16H2,1-2H3. The number of nitrogens with zero attached hydrogens (tertiary/aromatic N) is 2. The van der Waals surface area contributed by atoms with Gasteiger partial charge in [0, 0.05) is 18.7 Å². The highest BCUT2D eigenvalue weighted by Crippen LogP contribution is 2.33. The first kappa shape index (κ1) is 14.2.